The van der Waals surface area contributed by atoms with Gasteiger partial charge in [-0.15, -0.1) is 0 Å². The number of rotatable bonds is 3. The number of hydrogen-bond acceptors (Lipinski definition) is 3. The van der Waals surface area contributed by atoms with E-state index < -0.39 is 0 Å². The minimum absolute atomic E-state index is 0.749. The fourth-order valence-corrected chi connectivity index (χ4v) is 3.29. The lowest BCUT2D eigenvalue weighted by Crippen LogP contribution is -2.44. The lowest BCUT2D eigenvalue weighted by atomic mass is 10.0. The molecule has 0 amide bonds. The molecule has 0 spiro atoms. The highest BCUT2D eigenvalue weighted by Crippen LogP contribution is 2.17. The Morgan fingerprint density at radius 3 is 3.00 bits per heavy atom. The van der Waals surface area contributed by atoms with E-state index in [0.29, 0.717) is 0 Å². The van der Waals surface area contributed by atoms with Gasteiger partial charge in [0.15, 0.2) is 0 Å². The molecule has 0 bridgehead atoms. The first-order valence-corrected chi connectivity index (χ1v) is 6.65. The highest BCUT2D eigenvalue weighted by molar-refractivity contribution is 7.99. The van der Waals surface area contributed by atoms with Gasteiger partial charge in [-0.25, -0.2) is 0 Å². The smallest absolute Gasteiger partial charge is 0.0192 e. The van der Waals surface area contributed by atoms with Crippen LogP contribution in [0.2, 0.25) is 0 Å². The van der Waals surface area contributed by atoms with Crippen molar-refractivity contribution in [3.05, 3.63) is 0 Å². The molecule has 2 atom stereocenters. The molecule has 0 aromatic carbocycles. The lowest BCUT2D eigenvalue weighted by molar-refractivity contribution is 0.370. The molecule has 0 radical (unpaired) electrons. The summed E-state index contributed by atoms with van der Waals surface area (Å²) in [5, 5.41) is 7.24. The Hall–Kier alpha value is 0.270. The summed E-state index contributed by atoms with van der Waals surface area (Å²) < 4.78 is 0. The van der Waals surface area contributed by atoms with Crippen molar-refractivity contribution in [1.29, 1.82) is 0 Å². The van der Waals surface area contributed by atoms with Gasteiger partial charge in [-0.2, -0.15) is 11.8 Å². The Morgan fingerprint density at radius 2 is 2.31 bits per heavy atom. The summed E-state index contributed by atoms with van der Waals surface area (Å²) >= 11 is 2.09. The van der Waals surface area contributed by atoms with Crippen LogP contribution in [0, 0.1) is 0 Å². The Labute approximate surface area is 85.2 Å². The number of hydrogen-bond donors (Lipinski definition) is 2. The summed E-state index contributed by atoms with van der Waals surface area (Å²) in [5.74, 6) is 2.68. The van der Waals surface area contributed by atoms with E-state index >= 15 is 0 Å². The molecule has 2 rings (SSSR count). The highest BCUT2D eigenvalue weighted by Gasteiger charge is 2.17. The topological polar surface area (TPSA) is 24.1 Å². The van der Waals surface area contributed by atoms with Crippen LogP contribution in [0.1, 0.15) is 25.7 Å². The van der Waals surface area contributed by atoms with Crippen molar-refractivity contribution in [2.75, 3.05) is 24.6 Å². The zero-order valence-corrected chi connectivity index (χ0v) is 9.04. The third kappa shape index (κ3) is 3.15. The van der Waals surface area contributed by atoms with Crippen molar-refractivity contribution >= 4 is 11.8 Å². The zero-order chi connectivity index (χ0) is 8.93. The van der Waals surface area contributed by atoms with E-state index in [1.807, 2.05) is 0 Å². The van der Waals surface area contributed by atoms with Crippen molar-refractivity contribution in [2.24, 2.45) is 0 Å². The molecule has 2 aliphatic rings. The predicted molar refractivity (Wildman–Crippen MR) is 59.4 cm³/mol. The second-order valence-corrected chi connectivity index (χ2v) is 5.27. The third-order valence-electron chi connectivity index (χ3n) is 2.99. The first-order chi connectivity index (χ1) is 6.45. The first kappa shape index (κ1) is 9.81. The van der Waals surface area contributed by atoms with Crippen molar-refractivity contribution in [2.45, 2.75) is 37.8 Å². The molecular weight excluding hydrogens is 180 g/mol. The normalized spacial score (nSPS) is 35.1. The fourth-order valence-electron chi connectivity index (χ4n) is 2.10. The largest absolute Gasteiger partial charge is 0.313 e. The van der Waals surface area contributed by atoms with Gasteiger partial charge >= 0.3 is 0 Å². The van der Waals surface area contributed by atoms with Crippen molar-refractivity contribution in [1.82, 2.24) is 10.6 Å². The second-order valence-electron chi connectivity index (χ2n) is 4.12. The predicted octanol–water partition coefficient (Wildman–Crippen LogP) is 1.22. The summed E-state index contributed by atoms with van der Waals surface area (Å²) in [7, 11) is 0. The average molecular weight is 200 g/mol. The average Bonchev–Trinajstić information content (AvgIpc) is 2.69. The standard InChI is InChI=1S/C10H20N2S/c1-2-5-11-9(3-1)7-12-10-4-6-13-8-10/h9-12H,1-8H2. The fraction of sp³-hybridized carbons (Fsp3) is 1.00. The molecule has 2 saturated heterocycles. The summed E-state index contributed by atoms with van der Waals surface area (Å²) in [6.07, 6.45) is 5.53. The molecular formula is C10H20N2S. The van der Waals surface area contributed by atoms with Gasteiger partial charge in [-0.05, 0) is 31.6 Å². The maximum Gasteiger partial charge on any atom is 0.0192 e. The van der Waals surface area contributed by atoms with Crippen LogP contribution < -0.4 is 10.6 Å². The first-order valence-electron chi connectivity index (χ1n) is 5.49. The molecule has 2 unspecified atom stereocenters. The van der Waals surface area contributed by atoms with E-state index in [4.69, 9.17) is 0 Å². The molecule has 2 aliphatic heterocycles. The van der Waals surface area contributed by atoms with Crippen LogP contribution in [-0.4, -0.2) is 36.7 Å². The van der Waals surface area contributed by atoms with Crippen LogP contribution in [0.15, 0.2) is 0 Å². The van der Waals surface area contributed by atoms with E-state index in [1.54, 1.807) is 0 Å². The van der Waals surface area contributed by atoms with Gasteiger partial charge in [0, 0.05) is 24.4 Å². The van der Waals surface area contributed by atoms with Gasteiger partial charge in [0.1, 0.15) is 0 Å². The zero-order valence-electron chi connectivity index (χ0n) is 8.22. The van der Waals surface area contributed by atoms with E-state index in [0.717, 1.165) is 12.1 Å². The molecule has 0 saturated carbocycles. The molecule has 13 heavy (non-hydrogen) atoms. The Bertz CT molecular complexity index is 140. The Balaban J connectivity index is 1.60. The quantitative estimate of drug-likeness (QED) is 0.716. The molecule has 2 N–H and O–H groups in total. The van der Waals surface area contributed by atoms with Crippen LogP contribution >= 0.6 is 11.8 Å². The van der Waals surface area contributed by atoms with E-state index in [9.17, 15) is 0 Å². The van der Waals surface area contributed by atoms with Crippen molar-refractivity contribution in [3.8, 4) is 0 Å². The van der Waals surface area contributed by atoms with Gasteiger partial charge in [0.2, 0.25) is 0 Å². The van der Waals surface area contributed by atoms with Crippen LogP contribution in [0.4, 0.5) is 0 Å². The Morgan fingerprint density at radius 1 is 1.31 bits per heavy atom. The molecule has 3 heteroatoms. The van der Waals surface area contributed by atoms with Gasteiger partial charge in [-0.3, -0.25) is 0 Å². The maximum absolute atomic E-state index is 3.67. The molecule has 2 fully saturated rings. The number of piperidine rings is 1. The van der Waals surface area contributed by atoms with E-state index in [1.165, 1.54) is 50.3 Å². The van der Waals surface area contributed by atoms with Crippen molar-refractivity contribution in [3.63, 3.8) is 0 Å². The Kier molecular flexibility index (Phi) is 3.94. The molecule has 0 aliphatic carbocycles. The highest BCUT2D eigenvalue weighted by atomic mass is 32.2. The summed E-state index contributed by atoms with van der Waals surface area (Å²) in [5.41, 5.74) is 0. The van der Waals surface area contributed by atoms with Crippen LogP contribution in [0.25, 0.3) is 0 Å². The molecule has 0 aromatic rings. The lowest BCUT2D eigenvalue weighted by Gasteiger charge is -2.25. The van der Waals surface area contributed by atoms with E-state index in [-0.39, 0.29) is 0 Å². The molecule has 2 heterocycles. The van der Waals surface area contributed by atoms with Crippen LogP contribution in [0.3, 0.4) is 0 Å². The van der Waals surface area contributed by atoms with Crippen LogP contribution in [-0.2, 0) is 0 Å². The minimum atomic E-state index is 0.749. The molecule has 2 nitrogen and oxygen atoms in total. The third-order valence-corrected chi connectivity index (χ3v) is 4.16. The van der Waals surface area contributed by atoms with Gasteiger partial charge in [0.05, 0.1) is 0 Å². The molecule has 0 aromatic heterocycles. The van der Waals surface area contributed by atoms with Crippen molar-refractivity contribution < 1.29 is 0 Å². The van der Waals surface area contributed by atoms with Gasteiger partial charge in [0.25, 0.3) is 0 Å². The SMILES string of the molecule is C1CCC(CNC2CCSC2)NC1. The van der Waals surface area contributed by atoms with Gasteiger partial charge < -0.3 is 10.6 Å². The van der Waals surface area contributed by atoms with Crippen LogP contribution in [0.5, 0.6) is 0 Å². The number of thioether (sulfide) groups is 1. The summed E-state index contributed by atoms with van der Waals surface area (Å²) in [4.78, 5) is 0. The minimum Gasteiger partial charge on any atom is -0.313 e. The summed E-state index contributed by atoms with van der Waals surface area (Å²) in [6.45, 7) is 2.41. The summed E-state index contributed by atoms with van der Waals surface area (Å²) in [6, 6.07) is 1.55. The number of nitrogens with one attached hydrogen (secondary N) is 2. The second kappa shape index (κ2) is 5.23. The van der Waals surface area contributed by atoms with E-state index in [2.05, 4.69) is 22.4 Å². The monoisotopic (exact) mass is 200 g/mol. The van der Waals surface area contributed by atoms with Gasteiger partial charge in [-0.1, -0.05) is 6.42 Å². The maximum atomic E-state index is 3.67. The molecule has 76 valence electrons.